The normalized spacial score (nSPS) is 11.8. The van der Waals surface area contributed by atoms with Crippen molar-refractivity contribution in [3.05, 3.63) is 146 Å². The molecular weight excluding hydrogens is 625 g/mol. The number of thiophene rings is 2. The summed E-state index contributed by atoms with van der Waals surface area (Å²) in [6.45, 7) is 0. The van der Waals surface area contributed by atoms with Gasteiger partial charge in [0.2, 0.25) is 0 Å². The van der Waals surface area contributed by atoms with Gasteiger partial charge in [0.25, 0.3) is 0 Å². The SMILES string of the molecule is c1ccc(-c2nc(-c3cccc(-c4nc5ccccc5c5c4sc4ccccc45)c3)nc(-c3cccc4c3sc3ccccc34)n2)cc1. The van der Waals surface area contributed by atoms with Crippen molar-refractivity contribution < 1.29 is 0 Å². The van der Waals surface area contributed by atoms with Gasteiger partial charge in [-0.1, -0.05) is 115 Å². The first kappa shape index (κ1) is 27.3. The molecule has 4 heterocycles. The molecule has 0 N–H and O–H groups in total. The largest absolute Gasteiger partial charge is 0.246 e. The van der Waals surface area contributed by atoms with Crippen molar-refractivity contribution in [3.63, 3.8) is 0 Å². The minimum Gasteiger partial charge on any atom is -0.246 e. The molecule has 0 aliphatic carbocycles. The minimum atomic E-state index is 0.632. The van der Waals surface area contributed by atoms with E-state index in [1.165, 1.54) is 45.7 Å². The van der Waals surface area contributed by atoms with E-state index in [-0.39, 0.29) is 0 Å². The molecule has 0 aliphatic heterocycles. The lowest BCUT2D eigenvalue weighted by Crippen LogP contribution is -2.00. The fourth-order valence-corrected chi connectivity index (χ4v) is 9.14. The van der Waals surface area contributed by atoms with E-state index in [9.17, 15) is 0 Å². The first-order valence-electron chi connectivity index (χ1n) is 15.8. The first-order valence-corrected chi connectivity index (χ1v) is 17.4. The molecule has 0 amide bonds. The number of hydrogen-bond acceptors (Lipinski definition) is 6. The van der Waals surface area contributed by atoms with Crippen molar-refractivity contribution in [2.75, 3.05) is 0 Å². The third-order valence-corrected chi connectivity index (χ3v) is 11.3. The van der Waals surface area contributed by atoms with Gasteiger partial charge >= 0.3 is 0 Å². The number of pyridine rings is 1. The van der Waals surface area contributed by atoms with Crippen LogP contribution in [0.1, 0.15) is 0 Å². The van der Waals surface area contributed by atoms with Crippen molar-refractivity contribution in [1.82, 2.24) is 19.9 Å². The molecule has 6 heteroatoms. The third kappa shape index (κ3) is 4.34. The highest BCUT2D eigenvalue weighted by Gasteiger charge is 2.19. The topological polar surface area (TPSA) is 51.6 Å². The maximum absolute atomic E-state index is 5.25. The Morgan fingerprint density at radius 2 is 0.958 bits per heavy atom. The van der Waals surface area contributed by atoms with E-state index < -0.39 is 0 Å². The van der Waals surface area contributed by atoms with Crippen LogP contribution in [-0.4, -0.2) is 19.9 Å². The van der Waals surface area contributed by atoms with Gasteiger partial charge in [-0.2, -0.15) is 0 Å². The number of benzene rings is 6. The van der Waals surface area contributed by atoms with Gasteiger partial charge in [0.15, 0.2) is 17.5 Å². The quantitative estimate of drug-likeness (QED) is 0.191. The zero-order valence-corrected chi connectivity index (χ0v) is 27.1. The van der Waals surface area contributed by atoms with Crippen LogP contribution in [0.3, 0.4) is 0 Å². The van der Waals surface area contributed by atoms with Crippen molar-refractivity contribution in [3.8, 4) is 45.4 Å². The number of rotatable bonds is 4. The standard InChI is InChI=1S/C42H24N4S2/c1-2-12-25(13-3-1)40-44-41(46-42(45-40)32-20-11-19-29-28-16-5-8-22-34(28)47-38(29)32)27-15-10-14-26(24-27)37-39-36(30-17-4-7-21-33(30)43-37)31-18-6-9-23-35(31)48-39/h1-24H. The van der Waals surface area contributed by atoms with Crippen LogP contribution in [0.15, 0.2) is 146 Å². The Labute approximate surface area is 283 Å². The Bertz CT molecular complexity index is 2850. The second-order valence-electron chi connectivity index (χ2n) is 11.8. The summed E-state index contributed by atoms with van der Waals surface area (Å²) < 4.78 is 4.87. The number of nitrogens with zero attached hydrogens (tertiary/aromatic N) is 4. The lowest BCUT2D eigenvalue weighted by atomic mass is 10.0. The Balaban J connectivity index is 1.20. The van der Waals surface area contributed by atoms with Crippen LogP contribution in [0, 0.1) is 0 Å². The van der Waals surface area contributed by atoms with Crippen molar-refractivity contribution in [1.29, 1.82) is 0 Å². The van der Waals surface area contributed by atoms with Crippen LogP contribution in [0.4, 0.5) is 0 Å². The highest BCUT2D eigenvalue weighted by Crippen LogP contribution is 2.43. The first-order chi connectivity index (χ1) is 23.8. The fourth-order valence-electron chi connectivity index (χ4n) is 6.70. The van der Waals surface area contributed by atoms with Crippen LogP contribution in [0.25, 0.3) is 96.7 Å². The Morgan fingerprint density at radius 3 is 1.81 bits per heavy atom. The van der Waals surface area contributed by atoms with E-state index in [0.717, 1.165) is 33.5 Å². The smallest absolute Gasteiger partial charge is 0.165 e. The Morgan fingerprint density at radius 1 is 0.375 bits per heavy atom. The summed E-state index contributed by atoms with van der Waals surface area (Å²) in [5, 5.41) is 6.16. The number of fused-ring (bicyclic) bond motifs is 8. The highest BCUT2D eigenvalue weighted by molar-refractivity contribution is 7.26. The van der Waals surface area contributed by atoms with Gasteiger partial charge in [0, 0.05) is 63.3 Å². The van der Waals surface area contributed by atoms with Crippen molar-refractivity contribution in [2.24, 2.45) is 0 Å². The van der Waals surface area contributed by atoms with E-state index in [4.69, 9.17) is 19.9 Å². The molecule has 0 atom stereocenters. The summed E-state index contributed by atoms with van der Waals surface area (Å²) in [5.41, 5.74) is 5.86. The average Bonchev–Trinajstić information content (AvgIpc) is 3.74. The van der Waals surface area contributed by atoms with Crippen LogP contribution >= 0.6 is 22.7 Å². The van der Waals surface area contributed by atoms with Gasteiger partial charge in [-0.15, -0.1) is 22.7 Å². The van der Waals surface area contributed by atoms with E-state index in [0.29, 0.717) is 17.5 Å². The molecule has 0 radical (unpaired) electrons. The summed E-state index contributed by atoms with van der Waals surface area (Å²) in [6.07, 6.45) is 0. The van der Waals surface area contributed by atoms with E-state index in [1.807, 2.05) is 18.2 Å². The summed E-state index contributed by atoms with van der Waals surface area (Å²) in [5.74, 6) is 1.94. The molecule has 6 aromatic carbocycles. The molecule has 0 spiro atoms. The second kappa shape index (κ2) is 10.9. The second-order valence-corrected chi connectivity index (χ2v) is 13.9. The summed E-state index contributed by atoms with van der Waals surface area (Å²) in [6, 6.07) is 50.7. The van der Waals surface area contributed by atoms with Gasteiger partial charge in [-0.3, -0.25) is 0 Å². The van der Waals surface area contributed by atoms with Crippen molar-refractivity contribution in [2.45, 2.75) is 0 Å². The molecule has 4 aromatic heterocycles. The molecule has 0 saturated heterocycles. The lowest BCUT2D eigenvalue weighted by molar-refractivity contribution is 1.08. The van der Waals surface area contributed by atoms with E-state index in [1.54, 1.807) is 22.7 Å². The lowest BCUT2D eigenvalue weighted by Gasteiger charge is -2.11. The molecule has 0 fully saturated rings. The van der Waals surface area contributed by atoms with Crippen LogP contribution in [-0.2, 0) is 0 Å². The molecule has 48 heavy (non-hydrogen) atoms. The number of aromatic nitrogens is 4. The summed E-state index contributed by atoms with van der Waals surface area (Å²) in [4.78, 5) is 20.6. The van der Waals surface area contributed by atoms with Gasteiger partial charge in [-0.25, -0.2) is 19.9 Å². The van der Waals surface area contributed by atoms with Gasteiger partial charge in [-0.05, 0) is 30.3 Å². The molecule has 0 aliphatic rings. The summed E-state index contributed by atoms with van der Waals surface area (Å²) in [7, 11) is 0. The molecule has 0 unspecified atom stereocenters. The Hall–Kier alpha value is -5.82. The molecule has 0 saturated carbocycles. The van der Waals surface area contributed by atoms with Gasteiger partial charge in [0.1, 0.15) is 0 Å². The molecule has 4 nitrogen and oxygen atoms in total. The number of para-hydroxylation sites is 1. The monoisotopic (exact) mass is 648 g/mol. The van der Waals surface area contributed by atoms with Crippen LogP contribution < -0.4 is 0 Å². The molecule has 10 rings (SSSR count). The van der Waals surface area contributed by atoms with Gasteiger partial charge in [0.05, 0.1) is 15.9 Å². The zero-order chi connectivity index (χ0) is 31.6. The maximum atomic E-state index is 5.25. The average molecular weight is 649 g/mol. The van der Waals surface area contributed by atoms with E-state index in [2.05, 4.69) is 127 Å². The molecular formula is C42H24N4S2. The molecule has 224 valence electrons. The molecule has 0 bridgehead atoms. The van der Waals surface area contributed by atoms with Crippen LogP contribution in [0.5, 0.6) is 0 Å². The van der Waals surface area contributed by atoms with Crippen LogP contribution in [0.2, 0.25) is 0 Å². The summed E-state index contributed by atoms with van der Waals surface area (Å²) >= 11 is 3.58. The zero-order valence-electron chi connectivity index (χ0n) is 25.5. The maximum Gasteiger partial charge on any atom is 0.165 e. The van der Waals surface area contributed by atoms with Gasteiger partial charge < -0.3 is 0 Å². The third-order valence-electron chi connectivity index (χ3n) is 8.92. The fraction of sp³-hybridized carbons (Fsp3) is 0. The predicted molar refractivity (Wildman–Crippen MR) is 203 cm³/mol. The van der Waals surface area contributed by atoms with Crippen molar-refractivity contribution >= 4 is 73.9 Å². The molecule has 10 aromatic rings. The minimum absolute atomic E-state index is 0.632. The highest BCUT2D eigenvalue weighted by atomic mass is 32.1. The van der Waals surface area contributed by atoms with E-state index >= 15 is 0 Å². The predicted octanol–water partition coefficient (Wildman–Crippen LogP) is 11.8. The Kier molecular flexibility index (Phi) is 6.19. The number of hydrogen-bond donors (Lipinski definition) is 0.